The molecule has 3 rings (SSSR count). The maximum atomic E-state index is 12.8. The fourth-order valence-electron chi connectivity index (χ4n) is 2.70. The van der Waals surface area contributed by atoms with Crippen LogP contribution in [0.25, 0.3) is 0 Å². The summed E-state index contributed by atoms with van der Waals surface area (Å²) in [5, 5.41) is 2.85. The highest BCUT2D eigenvalue weighted by molar-refractivity contribution is 8.00. The molecule has 6 heteroatoms. The lowest BCUT2D eigenvalue weighted by atomic mass is 10.1. The van der Waals surface area contributed by atoms with E-state index in [2.05, 4.69) is 5.32 Å². The minimum Gasteiger partial charge on any atom is -0.356 e. The number of nitrogens with zero attached hydrogens (tertiary/aromatic N) is 1. The summed E-state index contributed by atoms with van der Waals surface area (Å²) in [5.74, 6) is 0.0780. The van der Waals surface area contributed by atoms with E-state index in [-0.39, 0.29) is 24.1 Å². The first-order chi connectivity index (χ1) is 12.1. The van der Waals surface area contributed by atoms with Crippen LogP contribution in [0.3, 0.4) is 0 Å². The van der Waals surface area contributed by atoms with E-state index in [4.69, 9.17) is 0 Å². The Balaban J connectivity index is 1.47. The number of nitrogens with one attached hydrogen (secondary N) is 1. The Bertz CT molecular complexity index is 764. The van der Waals surface area contributed by atoms with E-state index in [1.54, 1.807) is 17.0 Å². The Morgan fingerprint density at radius 2 is 1.92 bits per heavy atom. The first-order valence-electron chi connectivity index (χ1n) is 8.17. The Hall–Kier alpha value is -2.34. The molecule has 0 saturated heterocycles. The second-order valence-corrected chi connectivity index (χ2v) is 6.80. The molecule has 0 fully saturated rings. The van der Waals surface area contributed by atoms with Crippen molar-refractivity contribution >= 4 is 29.3 Å². The van der Waals surface area contributed by atoms with Crippen molar-refractivity contribution in [2.24, 2.45) is 0 Å². The predicted molar refractivity (Wildman–Crippen MR) is 97.2 cm³/mol. The molecule has 0 radical (unpaired) electrons. The number of halogens is 1. The molecule has 2 aromatic carbocycles. The SMILES string of the molecule is O=C(CCN1C(=O)CSc2ccccc21)NCCc1ccc(F)cc1. The number of carbonyl (C=O) groups is 2. The predicted octanol–water partition coefficient (Wildman–Crippen LogP) is 3.01. The molecule has 0 aromatic heterocycles. The van der Waals surface area contributed by atoms with Crippen molar-refractivity contribution in [2.45, 2.75) is 17.7 Å². The summed E-state index contributed by atoms with van der Waals surface area (Å²) in [4.78, 5) is 26.9. The lowest BCUT2D eigenvalue weighted by Crippen LogP contribution is -2.38. The minimum atomic E-state index is -0.266. The van der Waals surface area contributed by atoms with E-state index in [9.17, 15) is 14.0 Å². The molecule has 0 bridgehead atoms. The number of rotatable bonds is 6. The van der Waals surface area contributed by atoms with Crippen molar-refractivity contribution in [3.63, 3.8) is 0 Å². The van der Waals surface area contributed by atoms with Gasteiger partial charge in [-0.15, -0.1) is 11.8 Å². The molecule has 25 heavy (non-hydrogen) atoms. The molecule has 1 aliphatic rings. The summed E-state index contributed by atoms with van der Waals surface area (Å²) in [7, 11) is 0. The Labute approximate surface area is 150 Å². The van der Waals surface area contributed by atoms with Gasteiger partial charge in [0.1, 0.15) is 5.82 Å². The largest absolute Gasteiger partial charge is 0.356 e. The van der Waals surface area contributed by atoms with Gasteiger partial charge in [0, 0.05) is 24.4 Å². The molecule has 130 valence electrons. The van der Waals surface area contributed by atoms with Crippen molar-refractivity contribution in [3.05, 3.63) is 59.9 Å². The zero-order chi connectivity index (χ0) is 17.6. The van der Waals surface area contributed by atoms with E-state index in [1.807, 2.05) is 24.3 Å². The first-order valence-corrected chi connectivity index (χ1v) is 9.15. The van der Waals surface area contributed by atoms with Crippen molar-refractivity contribution in [1.82, 2.24) is 5.32 Å². The number of hydrogen-bond acceptors (Lipinski definition) is 3. The van der Waals surface area contributed by atoms with Gasteiger partial charge in [-0.3, -0.25) is 9.59 Å². The van der Waals surface area contributed by atoms with Gasteiger partial charge < -0.3 is 10.2 Å². The second-order valence-electron chi connectivity index (χ2n) is 5.78. The van der Waals surface area contributed by atoms with Crippen molar-refractivity contribution < 1.29 is 14.0 Å². The third-order valence-corrected chi connectivity index (χ3v) is 5.07. The van der Waals surface area contributed by atoms with Crippen molar-refractivity contribution in [2.75, 3.05) is 23.7 Å². The average Bonchev–Trinajstić information content (AvgIpc) is 2.62. The molecular formula is C19H19FN2O2S. The number of carbonyl (C=O) groups excluding carboxylic acids is 2. The topological polar surface area (TPSA) is 49.4 Å². The van der Waals surface area contributed by atoms with Crippen molar-refractivity contribution in [1.29, 1.82) is 0 Å². The van der Waals surface area contributed by atoms with Crippen LogP contribution in [-0.4, -0.2) is 30.7 Å². The van der Waals surface area contributed by atoms with Crippen LogP contribution in [0.4, 0.5) is 10.1 Å². The molecular weight excluding hydrogens is 339 g/mol. The molecule has 1 heterocycles. The summed E-state index contributed by atoms with van der Waals surface area (Å²) >= 11 is 1.53. The zero-order valence-electron chi connectivity index (χ0n) is 13.7. The molecule has 4 nitrogen and oxygen atoms in total. The smallest absolute Gasteiger partial charge is 0.237 e. The zero-order valence-corrected chi connectivity index (χ0v) is 14.5. The van der Waals surface area contributed by atoms with Gasteiger partial charge in [-0.1, -0.05) is 24.3 Å². The van der Waals surface area contributed by atoms with Crippen LogP contribution >= 0.6 is 11.8 Å². The maximum absolute atomic E-state index is 12.8. The number of hydrogen-bond donors (Lipinski definition) is 1. The fourth-order valence-corrected chi connectivity index (χ4v) is 3.63. The second kappa shape index (κ2) is 8.16. The highest BCUT2D eigenvalue weighted by atomic mass is 32.2. The van der Waals surface area contributed by atoms with Crippen LogP contribution in [0.2, 0.25) is 0 Å². The summed E-state index contributed by atoms with van der Waals surface area (Å²) < 4.78 is 12.8. The van der Waals surface area contributed by atoms with E-state index in [0.29, 0.717) is 25.3 Å². The van der Waals surface area contributed by atoms with Crippen LogP contribution in [0.15, 0.2) is 53.4 Å². The van der Waals surface area contributed by atoms with Crippen LogP contribution in [-0.2, 0) is 16.0 Å². The van der Waals surface area contributed by atoms with E-state index in [1.165, 1.54) is 23.9 Å². The van der Waals surface area contributed by atoms with Crippen LogP contribution in [0, 0.1) is 5.82 Å². The van der Waals surface area contributed by atoms with Crippen LogP contribution < -0.4 is 10.2 Å². The Kier molecular flexibility index (Phi) is 5.71. The summed E-state index contributed by atoms with van der Waals surface area (Å²) in [6.07, 6.45) is 0.905. The summed E-state index contributed by atoms with van der Waals surface area (Å²) in [6, 6.07) is 14.0. The lowest BCUT2D eigenvalue weighted by Gasteiger charge is -2.28. The van der Waals surface area contributed by atoms with E-state index >= 15 is 0 Å². The monoisotopic (exact) mass is 358 g/mol. The number of anilines is 1. The summed E-state index contributed by atoms with van der Waals surface area (Å²) in [5.41, 5.74) is 1.85. The molecule has 0 saturated carbocycles. The first kappa shape index (κ1) is 17.5. The normalized spacial score (nSPS) is 13.5. The van der Waals surface area contributed by atoms with Gasteiger partial charge in [0.05, 0.1) is 11.4 Å². The minimum absolute atomic E-state index is 0.0304. The highest BCUT2D eigenvalue weighted by Gasteiger charge is 2.24. The highest BCUT2D eigenvalue weighted by Crippen LogP contribution is 2.34. The maximum Gasteiger partial charge on any atom is 0.237 e. The van der Waals surface area contributed by atoms with Crippen LogP contribution in [0.1, 0.15) is 12.0 Å². The Morgan fingerprint density at radius 1 is 1.16 bits per heavy atom. The quantitative estimate of drug-likeness (QED) is 0.864. The van der Waals surface area contributed by atoms with Crippen LogP contribution in [0.5, 0.6) is 0 Å². The standard InChI is InChI=1S/C19H19FN2O2S/c20-15-7-5-14(6-8-15)9-11-21-18(23)10-12-22-16-3-1-2-4-17(16)25-13-19(22)24/h1-8H,9-13H2,(H,21,23). The van der Waals surface area contributed by atoms with Gasteiger partial charge in [0.15, 0.2) is 0 Å². The van der Waals surface area contributed by atoms with E-state index < -0.39 is 0 Å². The molecule has 2 amide bonds. The number of thioether (sulfide) groups is 1. The van der Waals surface area contributed by atoms with Gasteiger partial charge in [0.25, 0.3) is 0 Å². The number of amides is 2. The fraction of sp³-hybridized carbons (Fsp3) is 0.263. The van der Waals surface area contributed by atoms with Crippen molar-refractivity contribution in [3.8, 4) is 0 Å². The number of fused-ring (bicyclic) bond motifs is 1. The third kappa shape index (κ3) is 4.60. The summed E-state index contributed by atoms with van der Waals surface area (Å²) in [6.45, 7) is 0.865. The third-order valence-electron chi connectivity index (χ3n) is 4.02. The Morgan fingerprint density at radius 3 is 2.72 bits per heavy atom. The van der Waals surface area contributed by atoms with Gasteiger partial charge in [0.2, 0.25) is 11.8 Å². The molecule has 0 aliphatic carbocycles. The van der Waals surface area contributed by atoms with E-state index in [0.717, 1.165) is 16.1 Å². The molecule has 1 N–H and O–H groups in total. The number of para-hydroxylation sites is 1. The van der Waals surface area contributed by atoms with Gasteiger partial charge in [-0.25, -0.2) is 4.39 Å². The average molecular weight is 358 g/mol. The molecule has 0 atom stereocenters. The van der Waals surface area contributed by atoms with Gasteiger partial charge >= 0.3 is 0 Å². The molecule has 2 aromatic rings. The molecule has 1 aliphatic heterocycles. The molecule has 0 unspecified atom stereocenters. The van der Waals surface area contributed by atoms with Gasteiger partial charge in [-0.05, 0) is 36.2 Å². The van der Waals surface area contributed by atoms with Gasteiger partial charge in [-0.2, -0.15) is 0 Å². The number of benzene rings is 2. The lowest BCUT2D eigenvalue weighted by molar-refractivity contribution is -0.121. The molecule has 0 spiro atoms.